The summed E-state index contributed by atoms with van der Waals surface area (Å²) in [5.41, 5.74) is 1.36. The number of aromatic amines is 1. The molecule has 1 fully saturated rings. The van der Waals surface area contributed by atoms with Crippen LogP contribution in [0.15, 0.2) is 18.2 Å². The predicted octanol–water partition coefficient (Wildman–Crippen LogP) is 2.94. The smallest absolute Gasteiger partial charge is 0.352 e. The average Bonchev–Trinajstić information content (AvgIpc) is 2.72. The van der Waals surface area contributed by atoms with Crippen LogP contribution in [-0.2, 0) is 11.3 Å². The standard InChI is InChI=1S/C15H15ClN2O3/c16-9-4-5-12-10(6-9)11(13(18-12)15(20)21)7-17-14(19)8-2-1-3-8/h4-6,8,18H,1-3,7H2,(H,17,19)(H,20,21). The lowest BCUT2D eigenvalue weighted by Gasteiger charge is -2.24. The van der Waals surface area contributed by atoms with E-state index >= 15 is 0 Å². The number of carbonyl (C=O) groups excluding carboxylic acids is 1. The number of amides is 1. The highest BCUT2D eigenvalue weighted by molar-refractivity contribution is 6.31. The highest BCUT2D eigenvalue weighted by Crippen LogP contribution is 2.28. The number of carbonyl (C=O) groups is 2. The molecule has 5 nitrogen and oxygen atoms in total. The molecule has 1 saturated carbocycles. The van der Waals surface area contributed by atoms with Crippen molar-refractivity contribution in [3.05, 3.63) is 34.5 Å². The summed E-state index contributed by atoms with van der Waals surface area (Å²) >= 11 is 5.98. The Morgan fingerprint density at radius 1 is 1.38 bits per heavy atom. The number of carboxylic acid groups (broad SMARTS) is 1. The molecular weight excluding hydrogens is 292 g/mol. The topological polar surface area (TPSA) is 82.2 Å². The second-order valence-electron chi connectivity index (χ2n) is 5.32. The predicted molar refractivity (Wildman–Crippen MR) is 79.5 cm³/mol. The summed E-state index contributed by atoms with van der Waals surface area (Å²) in [5, 5.41) is 13.4. The van der Waals surface area contributed by atoms with E-state index in [1.165, 1.54) is 0 Å². The number of hydrogen-bond donors (Lipinski definition) is 3. The fourth-order valence-corrected chi connectivity index (χ4v) is 2.75. The van der Waals surface area contributed by atoms with Crippen molar-refractivity contribution in [2.24, 2.45) is 5.92 Å². The number of halogens is 1. The lowest BCUT2D eigenvalue weighted by atomic mass is 9.85. The zero-order valence-electron chi connectivity index (χ0n) is 11.3. The third-order valence-electron chi connectivity index (χ3n) is 4.00. The Hall–Kier alpha value is -2.01. The molecule has 1 heterocycles. The molecule has 1 aromatic heterocycles. The van der Waals surface area contributed by atoms with Crippen molar-refractivity contribution in [3.8, 4) is 0 Å². The van der Waals surface area contributed by atoms with Crippen LogP contribution in [0.4, 0.5) is 0 Å². The van der Waals surface area contributed by atoms with Crippen molar-refractivity contribution >= 4 is 34.4 Å². The molecule has 6 heteroatoms. The molecule has 0 bridgehead atoms. The van der Waals surface area contributed by atoms with Gasteiger partial charge in [0.25, 0.3) is 0 Å². The molecule has 0 atom stereocenters. The zero-order valence-corrected chi connectivity index (χ0v) is 12.0. The van der Waals surface area contributed by atoms with Crippen LogP contribution >= 0.6 is 11.6 Å². The van der Waals surface area contributed by atoms with Crippen LogP contribution in [0.2, 0.25) is 5.02 Å². The molecule has 0 aliphatic heterocycles. The van der Waals surface area contributed by atoms with Gasteiger partial charge in [0.05, 0.1) is 0 Å². The Morgan fingerprint density at radius 3 is 2.76 bits per heavy atom. The van der Waals surface area contributed by atoms with Crippen molar-refractivity contribution in [1.82, 2.24) is 10.3 Å². The van der Waals surface area contributed by atoms with E-state index in [1.807, 2.05) is 0 Å². The van der Waals surface area contributed by atoms with E-state index in [0.717, 1.165) is 24.6 Å². The number of hydrogen-bond acceptors (Lipinski definition) is 2. The van der Waals surface area contributed by atoms with Gasteiger partial charge in [0.1, 0.15) is 5.69 Å². The molecule has 0 radical (unpaired) electrons. The van der Waals surface area contributed by atoms with Crippen LogP contribution in [0.25, 0.3) is 10.9 Å². The minimum absolute atomic E-state index is 0.00559. The van der Waals surface area contributed by atoms with Gasteiger partial charge in [-0.1, -0.05) is 18.0 Å². The fraction of sp³-hybridized carbons (Fsp3) is 0.333. The molecule has 1 aromatic carbocycles. The Balaban J connectivity index is 1.90. The third kappa shape index (κ3) is 2.61. The van der Waals surface area contributed by atoms with Crippen LogP contribution in [0.3, 0.4) is 0 Å². The number of nitrogens with one attached hydrogen (secondary N) is 2. The van der Waals surface area contributed by atoms with Crippen LogP contribution < -0.4 is 5.32 Å². The van der Waals surface area contributed by atoms with E-state index < -0.39 is 5.97 Å². The first-order chi connectivity index (χ1) is 10.1. The van der Waals surface area contributed by atoms with Crippen LogP contribution in [0, 0.1) is 5.92 Å². The lowest BCUT2D eigenvalue weighted by molar-refractivity contribution is -0.127. The van der Waals surface area contributed by atoms with E-state index in [2.05, 4.69) is 10.3 Å². The monoisotopic (exact) mass is 306 g/mol. The molecule has 3 rings (SSSR count). The lowest BCUT2D eigenvalue weighted by Crippen LogP contribution is -2.34. The van der Waals surface area contributed by atoms with E-state index in [9.17, 15) is 14.7 Å². The van der Waals surface area contributed by atoms with Gasteiger partial charge < -0.3 is 15.4 Å². The van der Waals surface area contributed by atoms with E-state index in [-0.39, 0.29) is 24.1 Å². The molecule has 1 amide bonds. The second-order valence-corrected chi connectivity index (χ2v) is 5.76. The van der Waals surface area contributed by atoms with Gasteiger partial charge in [-0.3, -0.25) is 4.79 Å². The molecule has 3 N–H and O–H groups in total. The largest absolute Gasteiger partial charge is 0.477 e. The summed E-state index contributed by atoms with van der Waals surface area (Å²) in [7, 11) is 0. The summed E-state index contributed by atoms with van der Waals surface area (Å²) in [4.78, 5) is 26.1. The number of carboxylic acids is 1. The molecule has 21 heavy (non-hydrogen) atoms. The SMILES string of the molecule is O=C(O)c1[nH]c2ccc(Cl)cc2c1CNC(=O)C1CCC1. The van der Waals surface area contributed by atoms with Gasteiger partial charge in [0, 0.05) is 34.0 Å². The number of rotatable bonds is 4. The summed E-state index contributed by atoms with van der Waals surface area (Å²) in [5.74, 6) is -0.976. The van der Waals surface area contributed by atoms with Gasteiger partial charge in [-0.05, 0) is 31.0 Å². The first-order valence-electron chi connectivity index (χ1n) is 6.87. The normalized spacial score (nSPS) is 14.9. The summed E-state index contributed by atoms with van der Waals surface area (Å²) in [6.45, 7) is 0.192. The van der Waals surface area contributed by atoms with Crippen molar-refractivity contribution in [1.29, 1.82) is 0 Å². The van der Waals surface area contributed by atoms with Gasteiger partial charge in [-0.25, -0.2) is 4.79 Å². The Labute approximate surface area is 126 Å². The maximum atomic E-state index is 11.9. The highest BCUT2D eigenvalue weighted by atomic mass is 35.5. The van der Waals surface area contributed by atoms with Crippen molar-refractivity contribution < 1.29 is 14.7 Å². The van der Waals surface area contributed by atoms with Crippen LogP contribution in [0.5, 0.6) is 0 Å². The van der Waals surface area contributed by atoms with Crippen molar-refractivity contribution in [3.63, 3.8) is 0 Å². The molecular formula is C15H15ClN2O3. The van der Waals surface area contributed by atoms with Gasteiger partial charge in [0.2, 0.25) is 5.91 Å². The molecule has 1 aliphatic carbocycles. The zero-order chi connectivity index (χ0) is 15.0. The quantitative estimate of drug-likeness (QED) is 0.812. The number of H-pyrrole nitrogens is 1. The number of benzene rings is 1. The minimum Gasteiger partial charge on any atom is -0.477 e. The second kappa shape index (κ2) is 5.41. The summed E-state index contributed by atoms with van der Waals surface area (Å²) < 4.78 is 0. The van der Waals surface area contributed by atoms with Crippen LogP contribution in [-0.4, -0.2) is 22.0 Å². The highest BCUT2D eigenvalue weighted by Gasteiger charge is 2.26. The van der Waals surface area contributed by atoms with Gasteiger partial charge in [-0.15, -0.1) is 0 Å². The Kier molecular flexibility index (Phi) is 3.59. The minimum atomic E-state index is -1.05. The van der Waals surface area contributed by atoms with Gasteiger partial charge >= 0.3 is 5.97 Å². The molecule has 0 saturated heterocycles. The molecule has 1 aliphatic rings. The third-order valence-corrected chi connectivity index (χ3v) is 4.23. The molecule has 110 valence electrons. The Bertz CT molecular complexity index is 719. The van der Waals surface area contributed by atoms with E-state index in [0.29, 0.717) is 16.1 Å². The maximum absolute atomic E-state index is 11.9. The number of fused-ring (bicyclic) bond motifs is 1. The van der Waals surface area contributed by atoms with Crippen molar-refractivity contribution in [2.75, 3.05) is 0 Å². The molecule has 2 aromatic rings. The van der Waals surface area contributed by atoms with E-state index in [1.54, 1.807) is 18.2 Å². The van der Waals surface area contributed by atoms with Crippen LogP contribution in [0.1, 0.15) is 35.3 Å². The van der Waals surface area contributed by atoms with E-state index in [4.69, 9.17) is 11.6 Å². The Morgan fingerprint density at radius 2 is 2.14 bits per heavy atom. The molecule has 0 unspecified atom stereocenters. The average molecular weight is 307 g/mol. The first-order valence-corrected chi connectivity index (χ1v) is 7.25. The van der Waals surface area contributed by atoms with Gasteiger partial charge in [0.15, 0.2) is 0 Å². The van der Waals surface area contributed by atoms with Gasteiger partial charge in [-0.2, -0.15) is 0 Å². The first kappa shape index (κ1) is 13.9. The maximum Gasteiger partial charge on any atom is 0.352 e. The summed E-state index contributed by atoms with van der Waals surface area (Å²) in [6, 6.07) is 5.15. The fourth-order valence-electron chi connectivity index (χ4n) is 2.58. The van der Waals surface area contributed by atoms with Crippen molar-refractivity contribution in [2.45, 2.75) is 25.8 Å². The molecule has 0 spiro atoms. The summed E-state index contributed by atoms with van der Waals surface area (Å²) in [6.07, 6.45) is 2.91. The number of aromatic nitrogens is 1. The number of aromatic carboxylic acids is 1.